The Morgan fingerprint density at radius 3 is 2.92 bits per heavy atom. The molecule has 1 rings (SSSR count). The van der Waals surface area contributed by atoms with Crippen molar-refractivity contribution in [3.05, 3.63) is 22.7 Å². The number of aldehydes is 1. The lowest BCUT2D eigenvalue weighted by Gasteiger charge is -2.11. The SMILES string of the molecule is C=CCN(C)c1nc(Cl)c(C=O)s1. The van der Waals surface area contributed by atoms with E-state index in [2.05, 4.69) is 11.6 Å². The number of likely N-dealkylation sites (N-methyl/N-ethyl adjacent to an activating group) is 1. The lowest BCUT2D eigenvalue weighted by molar-refractivity contribution is 0.112. The average Bonchev–Trinajstić information content (AvgIpc) is 2.47. The summed E-state index contributed by atoms with van der Waals surface area (Å²) in [5, 5.41) is 0.998. The molecule has 1 aromatic heterocycles. The highest BCUT2D eigenvalue weighted by Crippen LogP contribution is 2.27. The van der Waals surface area contributed by atoms with Gasteiger partial charge in [-0.05, 0) is 0 Å². The molecule has 0 aliphatic heterocycles. The second-order valence-electron chi connectivity index (χ2n) is 2.44. The maximum atomic E-state index is 10.5. The zero-order valence-corrected chi connectivity index (χ0v) is 8.73. The summed E-state index contributed by atoms with van der Waals surface area (Å²) in [6, 6.07) is 0. The lowest BCUT2D eigenvalue weighted by atomic mass is 10.6. The molecule has 0 spiro atoms. The lowest BCUT2D eigenvalue weighted by Crippen LogP contribution is -2.15. The van der Waals surface area contributed by atoms with E-state index >= 15 is 0 Å². The van der Waals surface area contributed by atoms with Gasteiger partial charge in [0.05, 0.1) is 0 Å². The summed E-state index contributed by atoms with van der Waals surface area (Å²) >= 11 is 6.98. The second kappa shape index (κ2) is 4.39. The summed E-state index contributed by atoms with van der Waals surface area (Å²) in [6.07, 6.45) is 2.47. The van der Waals surface area contributed by atoms with E-state index in [-0.39, 0.29) is 5.15 Å². The van der Waals surface area contributed by atoms with Crippen LogP contribution in [-0.2, 0) is 0 Å². The number of carbonyl (C=O) groups is 1. The van der Waals surface area contributed by atoms with Gasteiger partial charge in [-0.1, -0.05) is 29.0 Å². The van der Waals surface area contributed by atoms with Gasteiger partial charge >= 0.3 is 0 Å². The van der Waals surface area contributed by atoms with Crippen molar-refractivity contribution in [3.63, 3.8) is 0 Å². The van der Waals surface area contributed by atoms with Crippen LogP contribution in [0.25, 0.3) is 0 Å². The van der Waals surface area contributed by atoms with E-state index in [1.165, 1.54) is 11.3 Å². The molecule has 0 N–H and O–H groups in total. The van der Waals surface area contributed by atoms with Gasteiger partial charge in [-0.15, -0.1) is 6.58 Å². The molecule has 0 aromatic carbocycles. The van der Waals surface area contributed by atoms with Crippen LogP contribution in [0.1, 0.15) is 9.67 Å². The zero-order valence-electron chi connectivity index (χ0n) is 7.16. The molecule has 0 saturated carbocycles. The van der Waals surface area contributed by atoms with Gasteiger partial charge in [-0.3, -0.25) is 4.79 Å². The minimum absolute atomic E-state index is 0.269. The molecule has 5 heteroatoms. The molecule has 13 heavy (non-hydrogen) atoms. The van der Waals surface area contributed by atoms with Crippen LogP contribution in [0.2, 0.25) is 5.15 Å². The summed E-state index contributed by atoms with van der Waals surface area (Å²) in [7, 11) is 1.87. The van der Waals surface area contributed by atoms with Gasteiger partial charge in [0.15, 0.2) is 16.6 Å². The molecule has 0 aliphatic rings. The quantitative estimate of drug-likeness (QED) is 0.572. The maximum absolute atomic E-state index is 10.5. The molecule has 0 amide bonds. The summed E-state index contributed by atoms with van der Waals surface area (Å²) in [6.45, 7) is 4.29. The fourth-order valence-electron chi connectivity index (χ4n) is 0.810. The van der Waals surface area contributed by atoms with E-state index in [1.54, 1.807) is 6.08 Å². The minimum Gasteiger partial charge on any atom is -0.347 e. The van der Waals surface area contributed by atoms with Crippen molar-refractivity contribution < 1.29 is 4.79 Å². The van der Waals surface area contributed by atoms with Crippen molar-refractivity contribution in [1.82, 2.24) is 4.98 Å². The van der Waals surface area contributed by atoms with Crippen molar-refractivity contribution in [1.29, 1.82) is 0 Å². The van der Waals surface area contributed by atoms with E-state index in [1.807, 2.05) is 11.9 Å². The molecule has 0 bridgehead atoms. The third kappa shape index (κ3) is 2.29. The topological polar surface area (TPSA) is 33.2 Å². The predicted molar refractivity (Wildman–Crippen MR) is 56.0 cm³/mol. The third-order valence-electron chi connectivity index (χ3n) is 1.43. The maximum Gasteiger partial charge on any atom is 0.187 e. The molecule has 1 heterocycles. The first kappa shape index (κ1) is 10.2. The zero-order chi connectivity index (χ0) is 9.84. The Bertz CT molecular complexity index is 324. The fourth-order valence-corrected chi connectivity index (χ4v) is 1.84. The van der Waals surface area contributed by atoms with Gasteiger partial charge in [0.1, 0.15) is 4.88 Å². The minimum atomic E-state index is 0.269. The molecule has 0 unspecified atom stereocenters. The predicted octanol–water partition coefficient (Wildman–Crippen LogP) is 2.23. The van der Waals surface area contributed by atoms with Crippen molar-refractivity contribution >= 4 is 34.4 Å². The van der Waals surface area contributed by atoms with Gasteiger partial charge in [0.25, 0.3) is 0 Å². The Hall–Kier alpha value is -0.870. The smallest absolute Gasteiger partial charge is 0.187 e. The molecule has 70 valence electrons. The number of aromatic nitrogens is 1. The van der Waals surface area contributed by atoms with E-state index in [4.69, 9.17) is 11.6 Å². The van der Waals surface area contributed by atoms with Gasteiger partial charge in [-0.25, -0.2) is 4.98 Å². The summed E-state index contributed by atoms with van der Waals surface area (Å²) in [5.74, 6) is 0. The number of thiazole rings is 1. The monoisotopic (exact) mass is 216 g/mol. The molecule has 3 nitrogen and oxygen atoms in total. The number of hydrogen-bond acceptors (Lipinski definition) is 4. The second-order valence-corrected chi connectivity index (χ2v) is 3.81. The van der Waals surface area contributed by atoms with Crippen molar-refractivity contribution in [3.8, 4) is 0 Å². The van der Waals surface area contributed by atoms with Crippen molar-refractivity contribution in [2.45, 2.75) is 0 Å². The molecular weight excluding hydrogens is 208 g/mol. The van der Waals surface area contributed by atoms with E-state index in [0.29, 0.717) is 17.7 Å². The van der Waals surface area contributed by atoms with Crippen LogP contribution in [-0.4, -0.2) is 24.9 Å². The number of anilines is 1. The normalized spacial score (nSPS) is 9.69. The van der Waals surface area contributed by atoms with Crippen LogP contribution in [0.3, 0.4) is 0 Å². The Morgan fingerprint density at radius 2 is 2.46 bits per heavy atom. The third-order valence-corrected chi connectivity index (χ3v) is 2.93. The average molecular weight is 217 g/mol. The summed E-state index contributed by atoms with van der Waals surface area (Å²) < 4.78 is 0. The van der Waals surface area contributed by atoms with Gasteiger partial charge < -0.3 is 4.90 Å². The first-order valence-electron chi connectivity index (χ1n) is 3.62. The van der Waals surface area contributed by atoms with E-state index in [0.717, 1.165) is 5.13 Å². The summed E-state index contributed by atoms with van der Waals surface area (Å²) in [5.41, 5.74) is 0. The molecule has 0 radical (unpaired) electrons. The molecule has 0 aliphatic carbocycles. The van der Waals surface area contributed by atoms with Crippen LogP contribution in [0.5, 0.6) is 0 Å². The Morgan fingerprint density at radius 1 is 1.77 bits per heavy atom. The Labute approximate surface area is 85.7 Å². The molecule has 0 fully saturated rings. The van der Waals surface area contributed by atoms with E-state index in [9.17, 15) is 4.79 Å². The van der Waals surface area contributed by atoms with E-state index < -0.39 is 0 Å². The van der Waals surface area contributed by atoms with Crippen LogP contribution < -0.4 is 4.90 Å². The standard InChI is InChI=1S/C8H9ClN2OS/c1-3-4-11(2)8-10-7(9)6(5-12)13-8/h3,5H,1,4H2,2H3. The highest BCUT2D eigenvalue weighted by molar-refractivity contribution is 7.17. The van der Waals surface area contributed by atoms with Gasteiger partial charge in [-0.2, -0.15) is 0 Å². The molecule has 0 saturated heterocycles. The first-order valence-corrected chi connectivity index (χ1v) is 4.82. The van der Waals surface area contributed by atoms with Crippen LogP contribution in [0, 0.1) is 0 Å². The Balaban J connectivity index is 2.89. The largest absolute Gasteiger partial charge is 0.347 e. The summed E-state index contributed by atoms with van der Waals surface area (Å²) in [4.78, 5) is 16.8. The van der Waals surface area contributed by atoms with Crippen LogP contribution >= 0.6 is 22.9 Å². The number of carbonyl (C=O) groups excluding carboxylic acids is 1. The molecule has 0 atom stereocenters. The molecular formula is C8H9ClN2OS. The fraction of sp³-hybridized carbons (Fsp3) is 0.250. The van der Waals surface area contributed by atoms with Crippen LogP contribution in [0.15, 0.2) is 12.7 Å². The first-order chi connectivity index (χ1) is 6.19. The van der Waals surface area contributed by atoms with Crippen LogP contribution in [0.4, 0.5) is 5.13 Å². The van der Waals surface area contributed by atoms with Crippen molar-refractivity contribution in [2.75, 3.05) is 18.5 Å². The number of hydrogen-bond donors (Lipinski definition) is 0. The number of rotatable bonds is 4. The Kier molecular flexibility index (Phi) is 3.45. The van der Waals surface area contributed by atoms with Gasteiger partial charge in [0.2, 0.25) is 0 Å². The highest BCUT2D eigenvalue weighted by Gasteiger charge is 2.10. The number of halogens is 1. The van der Waals surface area contributed by atoms with Crippen molar-refractivity contribution in [2.24, 2.45) is 0 Å². The highest BCUT2D eigenvalue weighted by atomic mass is 35.5. The van der Waals surface area contributed by atoms with Gasteiger partial charge in [0, 0.05) is 13.6 Å². The molecule has 1 aromatic rings. The number of nitrogens with zero attached hydrogens (tertiary/aromatic N) is 2.